The van der Waals surface area contributed by atoms with Gasteiger partial charge in [0.05, 0.1) is 19.8 Å². The molecule has 2 aromatic carbocycles. The van der Waals surface area contributed by atoms with E-state index in [9.17, 15) is 5.11 Å². The van der Waals surface area contributed by atoms with Crippen LogP contribution in [0.25, 0.3) is 0 Å². The van der Waals surface area contributed by atoms with Gasteiger partial charge in [-0.15, -0.1) is 24.0 Å². The van der Waals surface area contributed by atoms with Crippen molar-refractivity contribution < 1.29 is 9.84 Å². The number of nitrogens with one attached hydrogen (secondary N) is 2. The standard InChI is InChI=1S/C20H27N3O2.HI/c1-4-21-20(22-13-16-10-8-15(2)9-11-16)23-14-19(24)17-6-5-7-18(12-17)25-3;/h5-12,19,24H,4,13-14H2,1-3H3,(H2,21,22,23);1H. The number of ether oxygens (including phenoxy) is 1. The monoisotopic (exact) mass is 469 g/mol. The average molecular weight is 469 g/mol. The molecule has 0 aromatic heterocycles. The Morgan fingerprint density at radius 3 is 2.54 bits per heavy atom. The van der Waals surface area contributed by atoms with Gasteiger partial charge < -0.3 is 20.5 Å². The fourth-order valence-electron chi connectivity index (χ4n) is 2.37. The molecular weight excluding hydrogens is 441 g/mol. The van der Waals surface area contributed by atoms with Gasteiger partial charge >= 0.3 is 0 Å². The molecule has 5 nitrogen and oxygen atoms in total. The number of nitrogens with zero attached hydrogens (tertiary/aromatic N) is 1. The normalized spacial score (nSPS) is 12.1. The van der Waals surface area contributed by atoms with E-state index in [1.165, 1.54) is 5.56 Å². The van der Waals surface area contributed by atoms with E-state index in [1.807, 2.05) is 31.2 Å². The Balaban J connectivity index is 0.00000338. The lowest BCUT2D eigenvalue weighted by atomic mass is 10.1. The van der Waals surface area contributed by atoms with Gasteiger partial charge in [0.25, 0.3) is 0 Å². The predicted octanol–water partition coefficient (Wildman–Crippen LogP) is 3.41. The van der Waals surface area contributed by atoms with E-state index >= 15 is 0 Å². The molecule has 2 rings (SSSR count). The molecule has 0 bridgehead atoms. The largest absolute Gasteiger partial charge is 0.497 e. The summed E-state index contributed by atoms with van der Waals surface area (Å²) in [5.41, 5.74) is 3.19. The lowest BCUT2D eigenvalue weighted by molar-refractivity contribution is 0.180. The Hall–Kier alpha value is -1.80. The summed E-state index contributed by atoms with van der Waals surface area (Å²) in [4.78, 5) is 4.57. The molecule has 6 heteroatoms. The second-order valence-electron chi connectivity index (χ2n) is 5.85. The van der Waals surface area contributed by atoms with Crippen LogP contribution in [0, 0.1) is 6.92 Å². The van der Waals surface area contributed by atoms with Crippen LogP contribution in [0.1, 0.15) is 29.7 Å². The summed E-state index contributed by atoms with van der Waals surface area (Å²) in [6.07, 6.45) is -0.640. The van der Waals surface area contributed by atoms with Gasteiger partial charge in [0.15, 0.2) is 5.96 Å². The molecule has 1 unspecified atom stereocenters. The van der Waals surface area contributed by atoms with Gasteiger partial charge in [0, 0.05) is 13.1 Å². The number of hydrogen-bond acceptors (Lipinski definition) is 3. The van der Waals surface area contributed by atoms with Crippen LogP contribution < -0.4 is 15.4 Å². The lowest BCUT2D eigenvalue weighted by Crippen LogP contribution is -2.39. The zero-order valence-electron chi connectivity index (χ0n) is 15.5. The third-order valence-electron chi connectivity index (χ3n) is 3.83. The van der Waals surface area contributed by atoms with Crippen LogP contribution in [0.2, 0.25) is 0 Å². The molecule has 0 saturated heterocycles. The van der Waals surface area contributed by atoms with E-state index in [-0.39, 0.29) is 24.0 Å². The number of aliphatic imine (C=N–C) groups is 1. The predicted molar refractivity (Wildman–Crippen MR) is 117 cm³/mol. The van der Waals surface area contributed by atoms with Crippen LogP contribution in [0.15, 0.2) is 53.5 Å². The smallest absolute Gasteiger partial charge is 0.191 e. The lowest BCUT2D eigenvalue weighted by Gasteiger charge is -2.16. The molecule has 0 fully saturated rings. The number of rotatable bonds is 7. The summed E-state index contributed by atoms with van der Waals surface area (Å²) < 4.78 is 5.20. The number of methoxy groups -OCH3 is 1. The maximum atomic E-state index is 10.4. The van der Waals surface area contributed by atoms with Gasteiger partial charge in [0.2, 0.25) is 0 Å². The summed E-state index contributed by atoms with van der Waals surface area (Å²) >= 11 is 0. The van der Waals surface area contributed by atoms with Crippen LogP contribution in [0.3, 0.4) is 0 Å². The van der Waals surface area contributed by atoms with Gasteiger partial charge in [-0.2, -0.15) is 0 Å². The number of hydrogen-bond donors (Lipinski definition) is 3. The van der Waals surface area contributed by atoms with Gasteiger partial charge in [-0.1, -0.05) is 42.0 Å². The van der Waals surface area contributed by atoms with E-state index in [0.717, 1.165) is 23.4 Å². The third-order valence-corrected chi connectivity index (χ3v) is 3.83. The molecular formula is C20H28IN3O2. The van der Waals surface area contributed by atoms with Crippen molar-refractivity contribution in [3.8, 4) is 5.75 Å². The minimum absolute atomic E-state index is 0. The molecule has 3 N–H and O–H groups in total. The Bertz CT molecular complexity index is 690. The van der Waals surface area contributed by atoms with E-state index in [2.05, 4.69) is 46.8 Å². The first-order valence-electron chi connectivity index (χ1n) is 8.52. The maximum absolute atomic E-state index is 10.4. The number of guanidine groups is 1. The summed E-state index contributed by atoms with van der Waals surface area (Å²) in [5, 5.41) is 16.8. The highest BCUT2D eigenvalue weighted by molar-refractivity contribution is 14.0. The molecule has 0 radical (unpaired) electrons. The first-order valence-corrected chi connectivity index (χ1v) is 8.52. The first-order chi connectivity index (χ1) is 12.1. The summed E-state index contributed by atoms with van der Waals surface area (Å²) in [5.74, 6) is 1.42. The molecule has 0 amide bonds. The van der Waals surface area contributed by atoms with Gasteiger partial charge in [-0.3, -0.25) is 0 Å². The van der Waals surface area contributed by atoms with Crippen molar-refractivity contribution in [1.82, 2.24) is 10.6 Å². The fourth-order valence-corrected chi connectivity index (χ4v) is 2.37. The van der Waals surface area contributed by atoms with Crippen LogP contribution in [0.5, 0.6) is 5.75 Å². The van der Waals surface area contributed by atoms with Crippen LogP contribution in [-0.2, 0) is 6.54 Å². The Kier molecular flexibility index (Phi) is 10.0. The Morgan fingerprint density at radius 2 is 1.88 bits per heavy atom. The molecule has 142 valence electrons. The minimum Gasteiger partial charge on any atom is -0.497 e. The summed E-state index contributed by atoms with van der Waals surface area (Å²) in [6, 6.07) is 15.8. The Labute approximate surface area is 172 Å². The average Bonchev–Trinajstić information content (AvgIpc) is 2.65. The van der Waals surface area contributed by atoms with Crippen molar-refractivity contribution in [2.24, 2.45) is 4.99 Å². The number of aliphatic hydroxyl groups is 1. The SMILES string of the molecule is CCNC(=NCc1ccc(C)cc1)NCC(O)c1cccc(OC)c1.I. The molecule has 1 atom stereocenters. The highest BCUT2D eigenvalue weighted by Gasteiger charge is 2.09. The summed E-state index contributed by atoms with van der Waals surface area (Å²) in [6.45, 7) is 5.80. The highest BCUT2D eigenvalue weighted by Crippen LogP contribution is 2.18. The first kappa shape index (κ1) is 22.2. The Morgan fingerprint density at radius 1 is 1.15 bits per heavy atom. The zero-order valence-corrected chi connectivity index (χ0v) is 17.9. The highest BCUT2D eigenvalue weighted by atomic mass is 127. The molecule has 0 heterocycles. The van der Waals surface area contributed by atoms with Crippen molar-refractivity contribution in [2.75, 3.05) is 20.2 Å². The zero-order chi connectivity index (χ0) is 18.1. The maximum Gasteiger partial charge on any atom is 0.191 e. The number of halogens is 1. The van der Waals surface area contributed by atoms with E-state index in [1.54, 1.807) is 7.11 Å². The molecule has 0 aliphatic heterocycles. The van der Waals surface area contributed by atoms with Gasteiger partial charge in [0.1, 0.15) is 5.75 Å². The molecule has 2 aromatic rings. The van der Waals surface area contributed by atoms with E-state index < -0.39 is 6.10 Å². The van der Waals surface area contributed by atoms with Gasteiger partial charge in [-0.25, -0.2) is 4.99 Å². The molecule has 26 heavy (non-hydrogen) atoms. The number of aryl methyl sites for hydroxylation is 1. The molecule has 0 spiro atoms. The van der Waals surface area contributed by atoms with Crippen molar-refractivity contribution in [3.05, 3.63) is 65.2 Å². The van der Waals surface area contributed by atoms with Crippen molar-refractivity contribution in [2.45, 2.75) is 26.5 Å². The molecule has 0 saturated carbocycles. The molecule has 0 aliphatic carbocycles. The second kappa shape index (κ2) is 11.7. The number of benzene rings is 2. The quantitative estimate of drug-likeness (QED) is 0.331. The minimum atomic E-state index is -0.640. The van der Waals surface area contributed by atoms with Crippen molar-refractivity contribution >= 4 is 29.9 Å². The van der Waals surface area contributed by atoms with E-state index in [0.29, 0.717) is 19.0 Å². The van der Waals surface area contributed by atoms with Gasteiger partial charge in [-0.05, 0) is 37.1 Å². The number of aliphatic hydroxyl groups excluding tert-OH is 1. The van der Waals surface area contributed by atoms with Crippen LogP contribution in [0.4, 0.5) is 0 Å². The van der Waals surface area contributed by atoms with Crippen molar-refractivity contribution in [1.29, 1.82) is 0 Å². The van der Waals surface area contributed by atoms with Crippen molar-refractivity contribution in [3.63, 3.8) is 0 Å². The summed E-state index contributed by atoms with van der Waals surface area (Å²) in [7, 11) is 1.62. The molecule has 0 aliphatic rings. The fraction of sp³-hybridized carbons (Fsp3) is 0.350. The van der Waals surface area contributed by atoms with Crippen LogP contribution in [-0.4, -0.2) is 31.3 Å². The van der Waals surface area contributed by atoms with E-state index in [4.69, 9.17) is 4.74 Å². The topological polar surface area (TPSA) is 65.9 Å². The van der Waals surface area contributed by atoms with Crippen LogP contribution >= 0.6 is 24.0 Å². The third kappa shape index (κ3) is 7.21. The second-order valence-corrected chi connectivity index (χ2v) is 5.85.